The van der Waals surface area contributed by atoms with Crippen LogP contribution in [0.25, 0.3) is 0 Å². The SMILES string of the molecule is NCCC(F)(F)c1ccc(Cl)o1. The van der Waals surface area contributed by atoms with E-state index in [-0.39, 0.29) is 11.8 Å². The maximum absolute atomic E-state index is 12.9. The lowest BCUT2D eigenvalue weighted by atomic mass is 10.2. The number of nitrogens with two attached hydrogens (primary N) is 1. The molecule has 0 aliphatic carbocycles. The summed E-state index contributed by atoms with van der Waals surface area (Å²) in [5, 5.41) is -0.0401. The molecular formula is C7H8ClF2NO. The standard InChI is InChI=1S/C7H8ClF2NO/c8-6-2-1-5(12-6)7(9,10)3-4-11/h1-2H,3-4,11H2. The third-order valence-corrected chi connectivity index (χ3v) is 1.60. The summed E-state index contributed by atoms with van der Waals surface area (Å²) in [6, 6.07) is 2.43. The topological polar surface area (TPSA) is 39.2 Å². The number of hydrogen-bond donors (Lipinski definition) is 1. The summed E-state index contributed by atoms with van der Waals surface area (Å²) in [4.78, 5) is 0. The van der Waals surface area contributed by atoms with Gasteiger partial charge in [0.05, 0.1) is 0 Å². The van der Waals surface area contributed by atoms with E-state index in [9.17, 15) is 8.78 Å². The van der Waals surface area contributed by atoms with Crippen LogP contribution in [0.2, 0.25) is 5.22 Å². The van der Waals surface area contributed by atoms with Crippen LogP contribution in [-0.2, 0) is 5.92 Å². The molecule has 12 heavy (non-hydrogen) atoms. The highest BCUT2D eigenvalue weighted by Gasteiger charge is 2.34. The molecule has 5 heteroatoms. The van der Waals surface area contributed by atoms with Crippen molar-refractivity contribution in [1.29, 1.82) is 0 Å². The Morgan fingerprint density at radius 2 is 2.17 bits per heavy atom. The molecule has 2 nitrogen and oxygen atoms in total. The summed E-state index contributed by atoms with van der Waals surface area (Å²) >= 11 is 5.34. The first-order chi connectivity index (χ1) is 5.56. The van der Waals surface area contributed by atoms with Crippen molar-refractivity contribution >= 4 is 11.6 Å². The van der Waals surface area contributed by atoms with Crippen LogP contribution in [0.3, 0.4) is 0 Å². The van der Waals surface area contributed by atoms with Crippen LogP contribution >= 0.6 is 11.6 Å². The third kappa shape index (κ3) is 1.95. The van der Waals surface area contributed by atoms with Gasteiger partial charge < -0.3 is 10.2 Å². The number of alkyl halides is 2. The van der Waals surface area contributed by atoms with Gasteiger partial charge in [0.2, 0.25) is 0 Å². The van der Waals surface area contributed by atoms with Crippen molar-refractivity contribution in [3.8, 4) is 0 Å². The molecule has 1 heterocycles. The number of hydrogen-bond acceptors (Lipinski definition) is 2. The van der Waals surface area contributed by atoms with Crippen molar-refractivity contribution in [2.45, 2.75) is 12.3 Å². The van der Waals surface area contributed by atoms with Gasteiger partial charge in [-0.25, -0.2) is 0 Å². The predicted molar refractivity (Wildman–Crippen MR) is 41.3 cm³/mol. The smallest absolute Gasteiger partial charge is 0.305 e. The highest BCUT2D eigenvalue weighted by atomic mass is 35.5. The fraction of sp³-hybridized carbons (Fsp3) is 0.429. The third-order valence-electron chi connectivity index (χ3n) is 1.39. The molecule has 0 unspecified atom stereocenters. The van der Waals surface area contributed by atoms with E-state index in [2.05, 4.69) is 4.42 Å². The fourth-order valence-corrected chi connectivity index (χ4v) is 0.961. The minimum Gasteiger partial charge on any atom is -0.443 e. The normalized spacial score (nSPS) is 12.0. The summed E-state index contributed by atoms with van der Waals surface area (Å²) in [5.74, 6) is -3.44. The first-order valence-corrected chi connectivity index (χ1v) is 3.78. The Balaban J connectivity index is 2.81. The fourth-order valence-electron chi connectivity index (χ4n) is 0.815. The van der Waals surface area contributed by atoms with Crippen LogP contribution in [-0.4, -0.2) is 6.54 Å². The zero-order valence-corrected chi connectivity index (χ0v) is 6.94. The lowest BCUT2D eigenvalue weighted by Gasteiger charge is -2.11. The highest BCUT2D eigenvalue weighted by Crippen LogP contribution is 2.33. The van der Waals surface area contributed by atoms with Crippen LogP contribution in [0.4, 0.5) is 8.78 Å². The lowest BCUT2D eigenvalue weighted by Crippen LogP contribution is -2.17. The summed E-state index contributed by atoms with van der Waals surface area (Å²) < 4.78 is 30.4. The van der Waals surface area contributed by atoms with Crippen molar-refractivity contribution in [3.63, 3.8) is 0 Å². The second-order valence-corrected chi connectivity index (χ2v) is 2.72. The molecule has 0 amide bonds. The number of rotatable bonds is 3. The summed E-state index contributed by atoms with van der Waals surface area (Å²) in [6.45, 7) is -0.0919. The second kappa shape index (κ2) is 3.41. The Hall–Kier alpha value is -0.610. The maximum Gasteiger partial charge on any atom is 0.305 e. The van der Waals surface area contributed by atoms with Crippen molar-refractivity contribution in [2.24, 2.45) is 5.73 Å². The molecule has 1 aromatic heterocycles. The molecule has 0 fully saturated rings. The minimum absolute atomic E-state index is 0.0401. The molecule has 1 aromatic rings. The van der Waals surface area contributed by atoms with Gasteiger partial charge in [-0.1, -0.05) is 0 Å². The van der Waals surface area contributed by atoms with Gasteiger partial charge in [-0.2, -0.15) is 8.78 Å². The molecule has 0 aliphatic heterocycles. The van der Waals surface area contributed by atoms with Crippen LogP contribution < -0.4 is 5.73 Å². The van der Waals surface area contributed by atoms with Crippen molar-refractivity contribution in [1.82, 2.24) is 0 Å². The van der Waals surface area contributed by atoms with Gasteiger partial charge in [0.15, 0.2) is 11.0 Å². The molecule has 0 bridgehead atoms. The highest BCUT2D eigenvalue weighted by molar-refractivity contribution is 6.28. The largest absolute Gasteiger partial charge is 0.443 e. The average Bonchev–Trinajstić information content (AvgIpc) is 2.36. The summed E-state index contributed by atoms with van der Waals surface area (Å²) in [5.41, 5.74) is 5.00. The van der Waals surface area contributed by atoms with Gasteiger partial charge in [0.1, 0.15) is 0 Å². The van der Waals surface area contributed by atoms with E-state index in [1.54, 1.807) is 0 Å². The monoisotopic (exact) mass is 195 g/mol. The van der Waals surface area contributed by atoms with Gasteiger partial charge in [-0.3, -0.25) is 0 Å². The molecular weight excluding hydrogens is 188 g/mol. The van der Waals surface area contributed by atoms with Crippen molar-refractivity contribution in [3.05, 3.63) is 23.1 Å². The Labute approximate surface area is 73.3 Å². The first kappa shape index (κ1) is 9.48. The molecule has 2 N–H and O–H groups in total. The zero-order valence-electron chi connectivity index (χ0n) is 6.19. The van der Waals surface area contributed by atoms with E-state index in [1.807, 2.05) is 0 Å². The zero-order chi connectivity index (χ0) is 9.19. The molecule has 0 aliphatic rings. The van der Waals surface area contributed by atoms with Gasteiger partial charge in [0, 0.05) is 6.42 Å². The predicted octanol–water partition coefficient (Wildman–Crippen LogP) is 2.37. The Morgan fingerprint density at radius 1 is 1.50 bits per heavy atom. The van der Waals surface area contributed by atoms with E-state index >= 15 is 0 Å². The summed E-state index contributed by atoms with van der Waals surface area (Å²) in [6.07, 6.45) is -0.434. The Bertz CT molecular complexity index is 262. The Kier molecular flexibility index (Phi) is 2.69. The van der Waals surface area contributed by atoms with Crippen LogP contribution in [0.5, 0.6) is 0 Å². The molecule has 0 radical (unpaired) electrons. The van der Waals surface area contributed by atoms with Crippen LogP contribution in [0.1, 0.15) is 12.2 Å². The number of halogens is 3. The lowest BCUT2D eigenvalue weighted by molar-refractivity contribution is -0.0315. The number of furan rings is 1. The van der Waals surface area contributed by atoms with Crippen LogP contribution in [0.15, 0.2) is 16.5 Å². The van der Waals surface area contributed by atoms with Gasteiger partial charge in [0.25, 0.3) is 0 Å². The second-order valence-electron chi connectivity index (χ2n) is 2.35. The van der Waals surface area contributed by atoms with E-state index in [0.717, 1.165) is 6.07 Å². The molecule has 0 spiro atoms. The molecule has 0 saturated heterocycles. The molecule has 0 saturated carbocycles. The van der Waals surface area contributed by atoms with E-state index in [1.165, 1.54) is 6.07 Å². The van der Waals surface area contributed by atoms with E-state index in [0.29, 0.717) is 0 Å². The van der Waals surface area contributed by atoms with Crippen molar-refractivity contribution < 1.29 is 13.2 Å². The van der Waals surface area contributed by atoms with Crippen LogP contribution in [0, 0.1) is 0 Å². The average molecular weight is 196 g/mol. The molecule has 0 aromatic carbocycles. The van der Waals surface area contributed by atoms with Crippen molar-refractivity contribution in [2.75, 3.05) is 6.54 Å². The van der Waals surface area contributed by atoms with E-state index in [4.69, 9.17) is 17.3 Å². The van der Waals surface area contributed by atoms with Gasteiger partial charge >= 0.3 is 5.92 Å². The van der Waals surface area contributed by atoms with Gasteiger partial charge in [-0.15, -0.1) is 0 Å². The maximum atomic E-state index is 12.9. The molecule has 1 rings (SSSR count). The molecule has 0 atom stereocenters. The van der Waals surface area contributed by atoms with Gasteiger partial charge in [-0.05, 0) is 30.3 Å². The molecule has 68 valence electrons. The summed E-state index contributed by atoms with van der Waals surface area (Å²) in [7, 11) is 0. The quantitative estimate of drug-likeness (QED) is 0.804. The first-order valence-electron chi connectivity index (χ1n) is 3.40. The van der Waals surface area contributed by atoms with E-state index < -0.39 is 18.1 Å². The minimum atomic E-state index is -3.01. The Morgan fingerprint density at radius 3 is 2.58 bits per heavy atom.